The number of ether oxygens (including phenoxy) is 2. The lowest BCUT2D eigenvalue weighted by Gasteiger charge is -2.20. The van der Waals surface area contributed by atoms with Crippen molar-refractivity contribution in [1.82, 2.24) is 0 Å². The summed E-state index contributed by atoms with van der Waals surface area (Å²) in [5.74, 6) is -2.38. The van der Waals surface area contributed by atoms with E-state index in [0.717, 1.165) is 51.4 Å². The second kappa shape index (κ2) is 36.0. The third-order valence-electron chi connectivity index (χ3n) is 8.70. The van der Waals surface area contributed by atoms with Crippen LogP contribution in [0.1, 0.15) is 181 Å². The largest absolute Gasteiger partial charge is 0.480 e. The van der Waals surface area contributed by atoms with E-state index in [-0.39, 0.29) is 19.4 Å². The Balaban J connectivity index is 4.29. The second-order valence-corrected chi connectivity index (χ2v) is 15.2. The molecule has 0 aromatic rings. The molecule has 0 saturated carbocycles. The van der Waals surface area contributed by atoms with Crippen molar-refractivity contribution in [2.24, 2.45) is 5.73 Å². The van der Waals surface area contributed by atoms with E-state index in [1.54, 1.807) is 0 Å². The van der Waals surface area contributed by atoms with Crippen molar-refractivity contribution in [3.8, 4) is 0 Å². The summed E-state index contributed by atoms with van der Waals surface area (Å²) in [5, 5.41) is 8.86. The van der Waals surface area contributed by atoms with Crippen molar-refractivity contribution in [2.75, 3.05) is 19.8 Å². The number of allylic oxidation sites excluding steroid dienone is 4. The summed E-state index contributed by atoms with van der Waals surface area (Å²) in [7, 11) is -4.70. The van der Waals surface area contributed by atoms with Gasteiger partial charge in [-0.25, -0.2) is 4.57 Å². The number of esters is 2. The van der Waals surface area contributed by atoms with Crippen LogP contribution in [0.2, 0.25) is 0 Å². The van der Waals surface area contributed by atoms with E-state index in [4.69, 9.17) is 24.8 Å². The zero-order valence-corrected chi connectivity index (χ0v) is 33.5. The molecule has 304 valence electrons. The normalized spacial score (nSPS) is 14.1. The maximum absolute atomic E-state index is 12.5. The van der Waals surface area contributed by atoms with E-state index in [9.17, 15) is 23.8 Å². The van der Waals surface area contributed by atoms with E-state index in [0.29, 0.717) is 12.8 Å². The SMILES string of the molecule is CCCCC/C=C/C/C=C/CCCCCCCCCCCC(=O)OC[C@@H](COP(=O)(O)OC[C@@H](N)C(=O)O)OC(=O)CCCCCCCCCCC. The standard InChI is InChI=1S/C40H74NO10P/c1-3-5-7-9-11-13-14-15-16-17-18-19-20-21-22-24-25-27-29-31-38(42)48-33-36(34-49-52(46,47)50-35-37(41)40(44)45)51-39(43)32-30-28-26-23-12-10-8-6-4-2/h11,13,15-16,36-37H,3-10,12,14,17-35,41H2,1-2H3,(H,44,45)(H,46,47)/b13-11+,16-15+/t36-,37+/m0/s1. The first-order valence-corrected chi connectivity index (χ1v) is 21.9. The second-order valence-electron chi connectivity index (χ2n) is 13.8. The summed E-state index contributed by atoms with van der Waals surface area (Å²) in [6.07, 6.45) is 35.4. The van der Waals surface area contributed by atoms with E-state index < -0.39 is 51.1 Å². The Morgan fingerprint density at radius 3 is 1.54 bits per heavy atom. The summed E-state index contributed by atoms with van der Waals surface area (Å²) in [5.41, 5.74) is 5.31. The highest BCUT2D eigenvalue weighted by molar-refractivity contribution is 7.47. The van der Waals surface area contributed by atoms with Crippen LogP contribution in [-0.2, 0) is 37.5 Å². The van der Waals surface area contributed by atoms with Gasteiger partial charge in [-0.15, -0.1) is 0 Å². The Bertz CT molecular complexity index is 989. The van der Waals surface area contributed by atoms with Gasteiger partial charge in [-0.2, -0.15) is 0 Å². The molecule has 3 atom stereocenters. The van der Waals surface area contributed by atoms with Crippen LogP contribution in [0.4, 0.5) is 0 Å². The molecule has 1 unspecified atom stereocenters. The minimum absolute atomic E-state index is 0.162. The molecule has 0 bridgehead atoms. The average Bonchev–Trinajstić information content (AvgIpc) is 3.12. The molecular formula is C40H74NO10P. The number of hydrogen-bond donors (Lipinski definition) is 3. The van der Waals surface area contributed by atoms with Crippen LogP contribution in [0, 0.1) is 0 Å². The lowest BCUT2D eigenvalue weighted by atomic mass is 10.1. The van der Waals surface area contributed by atoms with Crippen LogP contribution in [0.15, 0.2) is 24.3 Å². The first kappa shape index (κ1) is 50.0. The van der Waals surface area contributed by atoms with Crippen LogP contribution in [0.25, 0.3) is 0 Å². The van der Waals surface area contributed by atoms with Crippen LogP contribution in [-0.4, -0.2) is 59.9 Å². The zero-order valence-electron chi connectivity index (χ0n) is 32.7. The van der Waals surface area contributed by atoms with Gasteiger partial charge in [0.1, 0.15) is 12.6 Å². The van der Waals surface area contributed by atoms with Gasteiger partial charge in [0.05, 0.1) is 13.2 Å². The molecule has 11 nitrogen and oxygen atoms in total. The van der Waals surface area contributed by atoms with E-state index in [1.807, 2.05) is 0 Å². The molecule has 0 aliphatic rings. The van der Waals surface area contributed by atoms with Gasteiger partial charge in [0, 0.05) is 12.8 Å². The predicted octanol–water partition coefficient (Wildman–Crippen LogP) is 10.3. The third kappa shape index (κ3) is 35.0. The lowest BCUT2D eigenvalue weighted by Crippen LogP contribution is -2.34. The van der Waals surface area contributed by atoms with Gasteiger partial charge in [0.2, 0.25) is 0 Å². The first-order chi connectivity index (χ1) is 25.1. The van der Waals surface area contributed by atoms with E-state index in [1.165, 1.54) is 89.9 Å². The molecule has 0 aliphatic heterocycles. The number of carbonyl (C=O) groups excluding carboxylic acids is 2. The molecule has 12 heteroatoms. The molecule has 4 N–H and O–H groups in total. The highest BCUT2D eigenvalue weighted by Crippen LogP contribution is 2.43. The monoisotopic (exact) mass is 760 g/mol. The Morgan fingerprint density at radius 2 is 1.02 bits per heavy atom. The van der Waals surface area contributed by atoms with Crippen molar-refractivity contribution < 1.29 is 47.5 Å². The van der Waals surface area contributed by atoms with Crippen LogP contribution in [0.3, 0.4) is 0 Å². The number of carboxylic acid groups (broad SMARTS) is 1. The van der Waals surface area contributed by atoms with Crippen LogP contribution in [0.5, 0.6) is 0 Å². The Labute approximate surface area is 315 Å². The molecule has 0 amide bonds. The quantitative estimate of drug-likeness (QED) is 0.0237. The third-order valence-corrected chi connectivity index (χ3v) is 9.65. The van der Waals surface area contributed by atoms with Crippen LogP contribution >= 0.6 is 7.82 Å². The molecule has 0 aliphatic carbocycles. The molecule has 0 aromatic carbocycles. The fourth-order valence-electron chi connectivity index (χ4n) is 5.45. The molecule has 0 rings (SSSR count). The molecule has 0 spiro atoms. The number of carbonyl (C=O) groups is 3. The van der Waals surface area contributed by atoms with Gasteiger partial charge in [0.25, 0.3) is 0 Å². The number of hydrogen-bond acceptors (Lipinski definition) is 9. The maximum atomic E-state index is 12.5. The van der Waals surface area contributed by atoms with E-state index >= 15 is 0 Å². The lowest BCUT2D eigenvalue weighted by molar-refractivity contribution is -0.161. The summed E-state index contributed by atoms with van der Waals surface area (Å²) in [6.45, 7) is 2.74. The molecule has 0 aromatic heterocycles. The Kier molecular flexibility index (Phi) is 34.6. The van der Waals surface area contributed by atoms with E-state index in [2.05, 4.69) is 42.7 Å². The summed E-state index contributed by atoms with van der Waals surface area (Å²) in [4.78, 5) is 45.7. The summed E-state index contributed by atoms with van der Waals surface area (Å²) < 4.78 is 32.5. The van der Waals surface area contributed by atoms with Crippen molar-refractivity contribution >= 4 is 25.7 Å². The number of carboxylic acids is 1. The maximum Gasteiger partial charge on any atom is 0.472 e. The summed E-state index contributed by atoms with van der Waals surface area (Å²) >= 11 is 0. The number of nitrogens with two attached hydrogens (primary N) is 1. The molecular weight excluding hydrogens is 685 g/mol. The fraction of sp³-hybridized carbons (Fsp3) is 0.825. The molecule has 0 fully saturated rings. The van der Waals surface area contributed by atoms with Gasteiger partial charge in [0.15, 0.2) is 6.10 Å². The average molecular weight is 760 g/mol. The number of phosphoric acid groups is 1. The highest BCUT2D eigenvalue weighted by atomic mass is 31.2. The fourth-order valence-corrected chi connectivity index (χ4v) is 6.23. The number of aliphatic carboxylic acids is 1. The number of phosphoric ester groups is 1. The number of rotatable bonds is 38. The molecule has 0 heterocycles. The zero-order chi connectivity index (χ0) is 38.5. The minimum atomic E-state index is -4.70. The van der Waals surface area contributed by atoms with Gasteiger partial charge in [-0.05, 0) is 44.9 Å². The smallest absolute Gasteiger partial charge is 0.472 e. The molecule has 0 saturated heterocycles. The topological polar surface area (TPSA) is 172 Å². The molecule has 52 heavy (non-hydrogen) atoms. The van der Waals surface area contributed by atoms with Gasteiger partial charge < -0.3 is 25.2 Å². The van der Waals surface area contributed by atoms with Crippen molar-refractivity contribution in [2.45, 2.75) is 193 Å². The van der Waals surface area contributed by atoms with Gasteiger partial charge in [-0.3, -0.25) is 23.4 Å². The van der Waals surface area contributed by atoms with Crippen molar-refractivity contribution in [3.63, 3.8) is 0 Å². The minimum Gasteiger partial charge on any atom is -0.480 e. The van der Waals surface area contributed by atoms with Gasteiger partial charge in [-0.1, -0.05) is 147 Å². The first-order valence-electron chi connectivity index (χ1n) is 20.4. The van der Waals surface area contributed by atoms with Crippen molar-refractivity contribution in [3.05, 3.63) is 24.3 Å². The molecule has 0 radical (unpaired) electrons. The van der Waals surface area contributed by atoms with Crippen LogP contribution < -0.4 is 5.73 Å². The van der Waals surface area contributed by atoms with Crippen molar-refractivity contribution in [1.29, 1.82) is 0 Å². The number of unbranched alkanes of at least 4 members (excludes halogenated alkanes) is 20. The summed E-state index contributed by atoms with van der Waals surface area (Å²) in [6, 6.07) is -1.52. The Hall–Kier alpha value is -2.04. The predicted molar refractivity (Wildman–Crippen MR) is 208 cm³/mol. The van der Waals surface area contributed by atoms with Gasteiger partial charge >= 0.3 is 25.7 Å². The Morgan fingerprint density at radius 1 is 0.596 bits per heavy atom. The highest BCUT2D eigenvalue weighted by Gasteiger charge is 2.28.